The third kappa shape index (κ3) is 7.23. The average Bonchev–Trinajstić information content (AvgIpc) is 2.30. The summed E-state index contributed by atoms with van der Waals surface area (Å²) >= 11 is 1.57. The van der Waals surface area contributed by atoms with Gasteiger partial charge in [0.05, 0.1) is 0 Å². The smallest absolute Gasteiger partial charge is 0.326 e. The minimum Gasteiger partial charge on any atom is -0.480 e. The maximum Gasteiger partial charge on any atom is 0.326 e. The highest BCUT2D eigenvalue weighted by molar-refractivity contribution is 7.98. The van der Waals surface area contributed by atoms with Gasteiger partial charge in [-0.2, -0.15) is 11.8 Å². The molecular weight excluding hydrogens is 240 g/mol. The molecule has 2 atom stereocenters. The van der Waals surface area contributed by atoms with Crippen LogP contribution in [0.5, 0.6) is 0 Å². The molecule has 0 rings (SSSR count). The molecule has 3 N–H and O–H groups in total. The molecule has 0 aromatic heterocycles. The number of carbonyl (C=O) groups excluding carboxylic acids is 1. The summed E-state index contributed by atoms with van der Waals surface area (Å²) in [7, 11) is 0. The van der Waals surface area contributed by atoms with Gasteiger partial charge in [0.2, 0.25) is 5.91 Å². The normalized spacial score (nSPS) is 14.1. The van der Waals surface area contributed by atoms with Crippen molar-refractivity contribution in [3.8, 4) is 0 Å². The Kier molecular flexibility index (Phi) is 8.89. The lowest BCUT2D eigenvalue weighted by Crippen LogP contribution is -2.45. The lowest BCUT2D eigenvalue weighted by atomic mass is 10.1. The summed E-state index contributed by atoms with van der Waals surface area (Å²) in [6, 6.07) is -0.779. The van der Waals surface area contributed by atoms with Crippen molar-refractivity contribution < 1.29 is 14.7 Å². The first-order valence-corrected chi connectivity index (χ1v) is 7.15. The third-order valence-electron chi connectivity index (χ3n) is 2.37. The van der Waals surface area contributed by atoms with Gasteiger partial charge in [-0.25, -0.2) is 4.79 Å². The number of thioether (sulfide) groups is 1. The number of amides is 1. The SMILES string of the molecule is CCNCC(C)C(=O)N[C@H](CCSC)C(=O)O. The molecule has 17 heavy (non-hydrogen) atoms. The summed E-state index contributed by atoms with van der Waals surface area (Å²) < 4.78 is 0. The number of nitrogens with one attached hydrogen (secondary N) is 2. The molecule has 5 nitrogen and oxygen atoms in total. The molecule has 0 spiro atoms. The Labute approximate surface area is 107 Å². The minimum absolute atomic E-state index is 0.209. The van der Waals surface area contributed by atoms with Gasteiger partial charge in [-0.3, -0.25) is 4.79 Å². The Balaban J connectivity index is 4.15. The summed E-state index contributed by atoms with van der Waals surface area (Å²) in [5.74, 6) is -0.674. The summed E-state index contributed by atoms with van der Waals surface area (Å²) in [6.45, 7) is 5.11. The molecule has 100 valence electrons. The van der Waals surface area contributed by atoms with E-state index in [1.807, 2.05) is 13.2 Å². The van der Waals surface area contributed by atoms with Crippen LogP contribution in [0.15, 0.2) is 0 Å². The molecule has 0 saturated carbocycles. The highest BCUT2D eigenvalue weighted by Crippen LogP contribution is 2.02. The van der Waals surface area contributed by atoms with Gasteiger partial charge in [-0.05, 0) is 25.0 Å². The summed E-state index contributed by atoms with van der Waals surface area (Å²) in [4.78, 5) is 22.6. The average molecular weight is 262 g/mol. The molecule has 0 aromatic rings. The Morgan fingerprint density at radius 3 is 2.53 bits per heavy atom. The van der Waals surface area contributed by atoms with Crippen molar-refractivity contribution in [2.24, 2.45) is 5.92 Å². The molecule has 0 heterocycles. The van der Waals surface area contributed by atoms with E-state index in [1.54, 1.807) is 18.7 Å². The number of hydrogen-bond acceptors (Lipinski definition) is 4. The van der Waals surface area contributed by atoms with E-state index in [1.165, 1.54) is 0 Å². The predicted molar refractivity (Wildman–Crippen MR) is 70.3 cm³/mol. The first-order valence-electron chi connectivity index (χ1n) is 5.75. The first-order chi connectivity index (χ1) is 8.02. The highest BCUT2D eigenvalue weighted by Gasteiger charge is 2.22. The second-order valence-electron chi connectivity index (χ2n) is 3.89. The van der Waals surface area contributed by atoms with Crippen LogP contribution in [-0.2, 0) is 9.59 Å². The van der Waals surface area contributed by atoms with E-state index in [0.717, 1.165) is 12.3 Å². The number of aliphatic carboxylic acids is 1. The van der Waals surface area contributed by atoms with Crippen LogP contribution >= 0.6 is 11.8 Å². The van der Waals surface area contributed by atoms with Gasteiger partial charge in [0.25, 0.3) is 0 Å². The fourth-order valence-electron chi connectivity index (χ4n) is 1.26. The Hall–Kier alpha value is -0.750. The number of carboxylic acids is 1. The number of hydrogen-bond donors (Lipinski definition) is 3. The topological polar surface area (TPSA) is 78.4 Å². The largest absolute Gasteiger partial charge is 0.480 e. The van der Waals surface area contributed by atoms with Crippen molar-refractivity contribution in [1.29, 1.82) is 0 Å². The van der Waals surface area contributed by atoms with Crippen molar-refractivity contribution in [3.05, 3.63) is 0 Å². The van der Waals surface area contributed by atoms with Crippen LogP contribution in [0.2, 0.25) is 0 Å². The molecule has 0 aliphatic rings. The van der Waals surface area contributed by atoms with E-state index < -0.39 is 12.0 Å². The van der Waals surface area contributed by atoms with E-state index in [9.17, 15) is 9.59 Å². The molecule has 0 aromatic carbocycles. The zero-order valence-corrected chi connectivity index (χ0v) is 11.5. The van der Waals surface area contributed by atoms with Gasteiger partial charge in [-0.1, -0.05) is 13.8 Å². The quantitative estimate of drug-likeness (QED) is 0.566. The Bertz CT molecular complexity index is 249. The van der Waals surface area contributed by atoms with Crippen LogP contribution in [0.4, 0.5) is 0 Å². The third-order valence-corrected chi connectivity index (χ3v) is 3.02. The maximum atomic E-state index is 11.7. The van der Waals surface area contributed by atoms with Crippen LogP contribution in [0.25, 0.3) is 0 Å². The Morgan fingerprint density at radius 2 is 2.06 bits per heavy atom. The van der Waals surface area contributed by atoms with Gasteiger partial charge in [0.15, 0.2) is 0 Å². The number of rotatable bonds is 9. The lowest BCUT2D eigenvalue weighted by molar-refractivity contribution is -0.142. The van der Waals surface area contributed by atoms with Gasteiger partial charge in [-0.15, -0.1) is 0 Å². The molecular formula is C11H22N2O3S. The first kappa shape index (κ1) is 16.2. The zero-order valence-electron chi connectivity index (χ0n) is 10.7. The predicted octanol–water partition coefficient (Wildman–Crippen LogP) is 0.555. The molecule has 0 radical (unpaired) electrons. The lowest BCUT2D eigenvalue weighted by Gasteiger charge is -2.17. The van der Waals surface area contributed by atoms with Crippen molar-refractivity contribution in [2.45, 2.75) is 26.3 Å². The monoisotopic (exact) mass is 262 g/mol. The second kappa shape index (κ2) is 9.30. The van der Waals surface area contributed by atoms with Gasteiger partial charge < -0.3 is 15.7 Å². The zero-order chi connectivity index (χ0) is 13.3. The fourth-order valence-corrected chi connectivity index (χ4v) is 1.73. The van der Waals surface area contributed by atoms with Crippen molar-refractivity contribution in [1.82, 2.24) is 10.6 Å². The molecule has 0 fully saturated rings. The van der Waals surface area contributed by atoms with E-state index in [0.29, 0.717) is 13.0 Å². The molecule has 0 bridgehead atoms. The summed E-state index contributed by atoms with van der Waals surface area (Å²) in [5, 5.41) is 14.6. The van der Waals surface area contributed by atoms with E-state index in [-0.39, 0.29) is 11.8 Å². The molecule has 0 aliphatic carbocycles. The van der Waals surface area contributed by atoms with Crippen LogP contribution in [0.1, 0.15) is 20.3 Å². The molecule has 1 amide bonds. The summed E-state index contributed by atoms with van der Waals surface area (Å²) in [5.41, 5.74) is 0. The van der Waals surface area contributed by atoms with E-state index in [4.69, 9.17) is 5.11 Å². The molecule has 1 unspecified atom stereocenters. The summed E-state index contributed by atoms with van der Waals surface area (Å²) in [6.07, 6.45) is 2.37. The van der Waals surface area contributed by atoms with E-state index >= 15 is 0 Å². The van der Waals surface area contributed by atoms with Crippen molar-refractivity contribution >= 4 is 23.6 Å². The number of carboxylic acid groups (broad SMARTS) is 1. The number of carbonyl (C=O) groups is 2. The Morgan fingerprint density at radius 1 is 1.41 bits per heavy atom. The standard InChI is InChI=1S/C11H22N2O3S/c1-4-12-7-8(2)10(14)13-9(11(15)16)5-6-17-3/h8-9,12H,4-7H2,1-3H3,(H,13,14)(H,15,16)/t8?,9-/m1/s1. The fraction of sp³-hybridized carbons (Fsp3) is 0.818. The minimum atomic E-state index is -0.969. The van der Waals surface area contributed by atoms with Gasteiger partial charge in [0, 0.05) is 12.5 Å². The van der Waals surface area contributed by atoms with Crippen LogP contribution < -0.4 is 10.6 Å². The van der Waals surface area contributed by atoms with Crippen molar-refractivity contribution in [2.75, 3.05) is 25.1 Å². The van der Waals surface area contributed by atoms with Crippen molar-refractivity contribution in [3.63, 3.8) is 0 Å². The van der Waals surface area contributed by atoms with E-state index in [2.05, 4.69) is 10.6 Å². The highest BCUT2D eigenvalue weighted by atomic mass is 32.2. The van der Waals surface area contributed by atoms with Gasteiger partial charge in [0.1, 0.15) is 6.04 Å². The molecule has 0 saturated heterocycles. The molecule has 0 aliphatic heterocycles. The second-order valence-corrected chi connectivity index (χ2v) is 4.88. The molecule has 6 heteroatoms. The van der Waals surface area contributed by atoms with Gasteiger partial charge >= 0.3 is 5.97 Å². The van der Waals surface area contributed by atoms with Crippen LogP contribution in [-0.4, -0.2) is 48.1 Å². The maximum absolute atomic E-state index is 11.7. The van der Waals surface area contributed by atoms with Crippen LogP contribution in [0, 0.1) is 5.92 Å². The van der Waals surface area contributed by atoms with Crippen LogP contribution in [0.3, 0.4) is 0 Å².